The minimum absolute atomic E-state index is 0.211. The summed E-state index contributed by atoms with van der Waals surface area (Å²) in [5.74, 6) is 0.268. The number of fused-ring (bicyclic) bond motifs is 1. The van der Waals surface area contributed by atoms with Gasteiger partial charge in [0.05, 0.1) is 12.7 Å². The van der Waals surface area contributed by atoms with Crippen molar-refractivity contribution in [2.45, 2.75) is 27.3 Å². The van der Waals surface area contributed by atoms with Gasteiger partial charge in [0.25, 0.3) is 0 Å². The highest BCUT2D eigenvalue weighted by molar-refractivity contribution is 5.97. The summed E-state index contributed by atoms with van der Waals surface area (Å²) >= 11 is 0. The van der Waals surface area contributed by atoms with Crippen LogP contribution in [0.2, 0.25) is 0 Å². The van der Waals surface area contributed by atoms with E-state index in [-0.39, 0.29) is 11.5 Å². The Kier molecular flexibility index (Phi) is 5.73. The number of hydrogen-bond acceptors (Lipinski definition) is 4. The number of hydrogen-bond donors (Lipinski definition) is 2. The first-order valence-electron chi connectivity index (χ1n) is 9.16. The van der Waals surface area contributed by atoms with E-state index in [2.05, 4.69) is 5.32 Å². The van der Waals surface area contributed by atoms with Crippen molar-refractivity contribution in [3.63, 3.8) is 0 Å². The van der Waals surface area contributed by atoms with Crippen LogP contribution >= 0.6 is 0 Å². The number of rotatable bonds is 6. The van der Waals surface area contributed by atoms with Gasteiger partial charge in [-0.05, 0) is 55.7 Å². The van der Waals surface area contributed by atoms with Crippen LogP contribution in [0.5, 0.6) is 5.75 Å². The number of furan rings is 1. The molecule has 1 heterocycles. The molecule has 0 bridgehead atoms. The summed E-state index contributed by atoms with van der Waals surface area (Å²) in [6, 6.07) is 10.2. The van der Waals surface area contributed by atoms with E-state index in [9.17, 15) is 9.59 Å². The van der Waals surface area contributed by atoms with Crippen LogP contribution in [0.15, 0.2) is 46.9 Å². The number of ether oxygens (including phenoxy) is 1. The molecule has 0 saturated carbocycles. The van der Waals surface area contributed by atoms with E-state index in [4.69, 9.17) is 14.3 Å². The van der Waals surface area contributed by atoms with Crippen LogP contribution in [0.4, 0.5) is 0 Å². The van der Waals surface area contributed by atoms with E-state index in [0.29, 0.717) is 12.3 Å². The topological polar surface area (TPSA) is 88.8 Å². The van der Waals surface area contributed by atoms with Gasteiger partial charge in [-0.3, -0.25) is 4.79 Å². The summed E-state index contributed by atoms with van der Waals surface area (Å²) in [5, 5.41) is 12.7. The van der Waals surface area contributed by atoms with Crippen molar-refractivity contribution >= 4 is 28.4 Å². The van der Waals surface area contributed by atoms with E-state index in [1.165, 1.54) is 18.2 Å². The summed E-state index contributed by atoms with van der Waals surface area (Å²) in [6.07, 6.45) is 1.53. The molecular weight excluding hydrogens is 370 g/mol. The van der Waals surface area contributed by atoms with Crippen molar-refractivity contribution in [3.8, 4) is 5.75 Å². The van der Waals surface area contributed by atoms with Gasteiger partial charge in [-0.25, -0.2) is 4.79 Å². The van der Waals surface area contributed by atoms with Crippen LogP contribution in [0.25, 0.3) is 16.5 Å². The van der Waals surface area contributed by atoms with Crippen molar-refractivity contribution in [1.29, 1.82) is 0 Å². The molecule has 0 saturated heterocycles. The molecule has 0 radical (unpaired) electrons. The van der Waals surface area contributed by atoms with Crippen LogP contribution in [0.3, 0.4) is 0 Å². The maximum absolute atomic E-state index is 12.4. The number of carboxylic acid groups (broad SMARTS) is 1. The summed E-state index contributed by atoms with van der Waals surface area (Å²) in [6.45, 7) is 6.07. The Morgan fingerprint density at radius 2 is 1.86 bits per heavy atom. The van der Waals surface area contributed by atoms with E-state index >= 15 is 0 Å². The third-order valence-electron chi connectivity index (χ3n) is 4.94. The Morgan fingerprint density at radius 1 is 1.17 bits per heavy atom. The molecule has 3 rings (SSSR count). The Hall–Kier alpha value is -3.54. The van der Waals surface area contributed by atoms with Gasteiger partial charge < -0.3 is 19.6 Å². The number of allylic oxidation sites excluding steroid dienone is 1. The van der Waals surface area contributed by atoms with E-state index in [1.54, 1.807) is 19.2 Å². The zero-order chi connectivity index (χ0) is 21.1. The number of methoxy groups -OCH3 is 1. The molecule has 1 aromatic heterocycles. The molecule has 0 fully saturated rings. The number of nitrogens with one attached hydrogen (secondary N) is 1. The van der Waals surface area contributed by atoms with Gasteiger partial charge in [0.15, 0.2) is 0 Å². The quantitative estimate of drug-likeness (QED) is 0.603. The van der Waals surface area contributed by atoms with Gasteiger partial charge in [0, 0.05) is 29.6 Å². The van der Waals surface area contributed by atoms with Gasteiger partial charge in [-0.1, -0.05) is 12.1 Å². The fraction of sp³-hybridized carbons (Fsp3) is 0.217. The number of aryl methyl sites for hydroxylation is 2. The normalized spacial score (nSPS) is 11.5. The average molecular weight is 393 g/mol. The molecule has 0 aliphatic rings. The summed E-state index contributed by atoms with van der Waals surface area (Å²) in [5.41, 5.74) is 4.43. The first-order valence-corrected chi connectivity index (χ1v) is 9.16. The number of carboxylic acids is 1. The predicted molar refractivity (Wildman–Crippen MR) is 111 cm³/mol. The minimum Gasteiger partial charge on any atom is -0.496 e. The number of amides is 1. The fourth-order valence-corrected chi connectivity index (χ4v) is 3.13. The second-order valence-electron chi connectivity index (χ2n) is 6.88. The molecule has 2 aromatic carbocycles. The minimum atomic E-state index is -0.979. The standard InChI is InChI=1S/C23H23NO5/c1-13(9-22(25)24-12-16-5-7-17(8-6-16)23(26)27)18-10-19-14(2)15(3)29-21(19)11-20(18)28-4/h5-11H,12H2,1-4H3,(H,24,25)(H,26,27)/b13-9+. The number of benzene rings is 2. The number of aromatic carboxylic acids is 1. The largest absolute Gasteiger partial charge is 0.496 e. The maximum Gasteiger partial charge on any atom is 0.335 e. The maximum atomic E-state index is 12.4. The molecule has 0 spiro atoms. The molecule has 6 nitrogen and oxygen atoms in total. The Morgan fingerprint density at radius 3 is 2.48 bits per heavy atom. The van der Waals surface area contributed by atoms with Gasteiger partial charge in [-0.15, -0.1) is 0 Å². The van der Waals surface area contributed by atoms with Crippen molar-refractivity contribution in [3.05, 3.63) is 70.5 Å². The molecule has 0 aliphatic carbocycles. The first kappa shape index (κ1) is 20.2. The number of carbonyl (C=O) groups is 2. The van der Waals surface area contributed by atoms with Crippen LogP contribution < -0.4 is 10.1 Å². The molecule has 6 heteroatoms. The SMILES string of the molecule is COc1cc2oc(C)c(C)c2cc1/C(C)=C/C(=O)NCc1ccc(C(=O)O)cc1. The molecule has 3 aromatic rings. The third-order valence-corrected chi connectivity index (χ3v) is 4.94. The lowest BCUT2D eigenvalue weighted by atomic mass is 10.0. The molecule has 0 atom stereocenters. The van der Waals surface area contributed by atoms with Crippen molar-refractivity contribution in [2.24, 2.45) is 0 Å². The zero-order valence-electron chi connectivity index (χ0n) is 16.8. The Balaban J connectivity index is 1.78. The van der Waals surface area contributed by atoms with Gasteiger partial charge >= 0.3 is 5.97 Å². The zero-order valence-corrected chi connectivity index (χ0v) is 16.8. The molecule has 150 valence electrons. The van der Waals surface area contributed by atoms with Crippen molar-refractivity contribution in [1.82, 2.24) is 5.32 Å². The van der Waals surface area contributed by atoms with Crippen LogP contribution in [-0.2, 0) is 11.3 Å². The van der Waals surface area contributed by atoms with Gasteiger partial charge in [0.2, 0.25) is 5.91 Å². The highest BCUT2D eigenvalue weighted by Gasteiger charge is 2.14. The second-order valence-corrected chi connectivity index (χ2v) is 6.88. The average Bonchev–Trinajstić information content (AvgIpc) is 2.98. The highest BCUT2D eigenvalue weighted by atomic mass is 16.5. The van der Waals surface area contributed by atoms with Crippen LogP contribution in [0, 0.1) is 13.8 Å². The van der Waals surface area contributed by atoms with Gasteiger partial charge in [0.1, 0.15) is 17.1 Å². The van der Waals surface area contributed by atoms with Gasteiger partial charge in [-0.2, -0.15) is 0 Å². The fourth-order valence-electron chi connectivity index (χ4n) is 3.13. The predicted octanol–water partition coefficient (Wildman–Crippen LogP) is 4.48. The third kappa shape index (κ3) is 4.32. The molecule has 1 amide bonds. The van der Waals surface area contributed by atoms with Crippen molar-refractivity contribution < 1.29 is 23.8 Å². The highest BCUT2D eigenvalue weighted by Crippen LogP contribution is 2.34. The molecule has 0 aliphatic heterocycles. The summed E-state index contributed by atoms with van der Waals surface area (Å²) < 4.78 is 11.2. The van der Waals surface area contributed by atoms with E-state index in [0.717, 1.165) is 39.0 Å². The number of carbonyl (C=O) groups excluding carboxylic acids is 1. The molecule has 29 heavy (non-hydrogen) atoms. The molecule has 2 N–H and O–H groups in total. The van der Waals surface area contributed by atoms with Crippen LogP contribution in [0.1, 0.15) is 39.7 Å². The smallest absolute Gasteiger partial charge is 0.335 e. The van der Waals surface area contributed by atoms with Crippen LogP contribution in [-0.4, -0.2) is 24.1 Å². The summed E-state index contributed by atoms with van der Waals surface area (Å²) in [7, 11) is 1.58. The van der Waals surface area contributed by atoms with E-state index in [1.807, 2.05) is 32.9 Å². The lowest BCUT2D eigenvalue weighted by Crippen LogP contribution is -2.20. The monoisotopic (exact) mass is 393 g/mol. The summed E-state index contributed by atoms with van der Waals surface area (Å²) in [4.78, 5) is 23.3. The molecular formula is C23H23NO5. The Labute approximate surface area is 168 Å². The lowest BCUT2D eigenvalue weighted by Gasteiger charge is -2.10. The second kappa shape index (κ2) is 8.22. The van der Waals surface area contributed by atoms with E-state index < -0.39 is 5.97 Å². The molecule has 0 unspecified atom stereocenters. The Bertz CT molecular complexity index is 1110. The first-order chi connectivity index (χ1) is 13.8. The lowest BCUT2D eigenvalue weighted by molar-refractivity contribution is -0.116. The van der Waals surface area contributed by atoms with Crippen molar-refractivity contribution in [2.75, 3.05) is 7.11 Å².